The first-order valence-corrected chi connectivity index (χ1v) is 27.1. The van der Waals surface area contributed by atoms with E-state index in [1.54, 1.807) is 12.3 Å². The number of benzene rings is 4. The van der Waals surface area contributed by atoms with Crippen molar-refractivity contribution in [1.29, 1.82) is 0 Å². The number of carbonyl (C=O) groups excluding carboxylic acids is 1. The van der Waals surface area contributed by atoms with E-state index in [1.165, 1.54) is 6.20 Å². The van der Waals surface area contributed by atoms with Crippen LogP contribution in [0.3, 0.4) is 0 Å². The number of pyridine rings is 1. The lowest BCUT2D eigenvalue weighted by molar-refractivity contribution is -0.138. The molecule has 9 rings (SSSR count). The Bertz CT molecular complexity index is 2910. The fourth-order valence-electron chi connectivity index (χ4n) is 10.4. The van der Waals surface area contributed by atoms with Gasteiger partial charge in [0.25, 0.3) is 8.32 Å². The topological polar surface area (TPSA) is 151 Å². The highest BCUT2D eigenvalue weighted by molar-refractivity contribution is 7.90. The third-order valence-electron chi connectivity index (χ3n) is 14.1. The molecule has 2 aromatic heterocycles. The largest absolute Gasteiger partial charge is 0.480 e. The van der Waals surface area contributed by atoms with Crippen LogP contribution in [0, 0.1) is 17.6 Å². The third-order valence-corrected chi connectivity index (χ3v) is 20.6. The molecule has 0 unspecified atom stereocenters. The maximum absolute atomic E-state index is 16.4. The van der Waals surface area contributed by atoms with Gasteiger partial charge in [-0.2, -0.15) is 12.7 Å². The van der Waals surface area contributed by atoms with Crippen LogP contribution in [0.2, 0.25) is 5.04 Å². The van der Waals surface area contributed by atoms with E-state index >= 15 is 13.2 Å². The van der Waals surface area contributed by atoms with E-state index < -0.39 is 77.0 Å². The molecule has 3 aliphatic heterocycles. The van der Waals surface area contributed by atoms with Gasteiger partial charge in [0.2, 0.25) is 5.78 Å². The molecule has 6 aromatic rings. The van der Waals surface area contributed by atoms with Crippen molar-refractivity contribution in [2.75, 3.05) is 75.1 Å². The molecule has 0 spiro atoms. The van der Waals surface area contributed by atoms with Gasteiger partial charge in [0.15, 0.2) is 5.82 Å². The predicted molar refractivity (Wildman–Crippen MR) is 268 cm³/mol. The zero-order valence-corrected chi connectivity index (χ0v) is 41.3. The Hall–Kier alpha value is -5.89. The number of carbonyl (C=O) groups is 2. The van der Waals surface area contributed by atoms with E-state index in [-0.39, 0.29) is 18.7 Å². The van der Waals surface area contributed by atoms with Gasteiger partial charge in [0.05, 0.1) is 23.9 Å². The minimum atomic E-state index is -4.66. The second-order valence-corrected chi connectivity index (χ2v) is 25.6. The number of rotatable bonds is 15. The minimum Gasteiger partial charge on any atom is -0.480 e. The number of aromatic nitrogens is 2. The lowest BCUT2D eigenvalue weighted by Gasteiger charge is -2.44. The lowest BCUT2D eigenvalue weighted by Crippen LogP contribution is -2.68. The van der Waals surface area contributed by atoms with Crippen molar-refractivity contribution in [2.45, 2.75) is 50.9 Å². The molecule has 0 radical (unpaired) electrons. The Morgan fingerprint density at radius 2 is 1.49 bits per heavy atom. The van der Waals surface area contributed by atoms with Crippen LogP contribution in [-0.4, -0.2) is 135 Å². The highest BCUT2D eigenvalue weighted by atomic mass is 32.2. The first kappa shape index (κ1) is 49.1. The Morgan fingerprint density at radius 1 is 0.843 bits per heavy atom. The van der Waals surface area contributed by atoms with Gasteiger partial charge in [0, 0.05) is 80.4 Å². The first-order chi connectivity index (χ1) is 33.5. The molecule has 4 aromatic carbocycles. The van der Waals surface area contributed by atoms with E-state index in [2.05, 4.69) is 24.5 Å². The number of fused-ring (bicyclic) bond motifs is 1. The van der Waals surface area contributed by atoms with Gasteiger partial charge in [-0.15, -0.1) is 0 Å². The second kappa shape index (κ2) is 20.1. The van der Waals surface area contributed by atoms with Crippen LogP contribution in [-0.2, 0) is 19.4 Å². The Kier molecular flexibility index (Phi) is 14.1. The first-order valence-electron chi connectivity index (χ1n) is 23.7. The van der Waals surface area contributed by atoms with Gasteiger partial charge < -0.3 is 19.4 Å². The fraction of sp³-hybridized carbons (Fsp3) is 0.365. The van der Waals surface area contributed by atoms with E-state index in [0.29, 0.717) is 22.5 Å². The van der Waals surface area contributed by atoms with Gasteiger partial charge in [0.1, 0.15) is 17.6 Å². The average Bonchev–Trinajstić information content (AvgIpc) is 3.95. The Morgan fingerprint density at radius 3 is 2.10 bits per heavy atom. The van der Waals surface area contributed by atoms with Crippen molar-refractivity contribution in [3.8, 4) is 11.1 Å². The number of piperidine rings is 1. The quantitative estimate of drug-likeness (QED) is 0.0732. The number of hydrogen-bond donors (Lipinski definition) is 3. The summed E-state index contributed by atoms with van der Waals surface area (Å²) < 4.78 is 86.0. The molecule has 3 N–H and O–H groups in total. The number of carboxylic acid groups (broad SMARTS) is 1. The Balaban J connectivity index is 0.874. The maximum atomic E-state index is 16.4. The van der Waals surface area contributed by atoms with E-state index in [0.717, 1.165) is 96.7 Å². The molecule has 5 heterocycles. The van der Waals surface area contributed by atoms with Gasteiger partial charge in [-0.25, -0.2) is 18.2 Å². The van der Waals surface area contributed by atoms with Crippen molar-refractivity contribution in [3.05, 3.63) is 138 Å². The zero-order chi connectivity index (χ0) is 49.4. The number of anilines is 2. The molecule has 0 aliphatic carbocycles. The van der Waals surface area contributed by atoms with Gasteiger partial charge >= 0.3 is 16.2 Å². The van der Waals surface area contributed by atoms with Crippen LogP contribution in [0.25, 0.3) is 22.2 Å². The summed E-state index contributed by atoms with van der Waals surface area (Å²) >= 11 is 0. The van der Waals surface area contributed by atoms with Crippen molar-refractivity contribution in [1.82, 2.24) is 24.1 Å². The van der Waals surface area contributed by atoms with E-state index in [4.69, 9.17) is 9.53 Å². The summed E-state index contributed by atoms with van der Waals surface area (Å²) in [6, 6.07) is 30.6. The minimum absolute atomic E-state index is 0.0643. The van der Waals surface area contributed by atoms with Crippen LogP contribution < -0.4 is 20.0 Å². The number of H-pyrrole nitrogens is 1. The number of aliphatic carboxylic acids is 1. The number of carboxylic acids is 1. The Labute approximate surface area is 407 Å². The summed E-state index contributed by atoms with van der Waals surface area (Å²) in [6.45, 7) is 11.5. The van der Waals surface area contributed by atoms with Crippen molar-refractivity contribution in [3.63, 3.8) is 0 Å². The molecule has 368 valence electrons. The summed E-state index contributed by atoms with van der Waals surface area (Å²) in [7, 11) is -7.94. The normalized spacial score (nSPS) is 19.2. The maximum Gasteiger partial charge on any atom is 0.317 e. The number of alkyl halides is 1. The summed E-state index contributed by atoms with van der Waals surface area (Å²) in [6.07, 6.45) is 2.08. The highest BCUT2D eigenvalue weighted by Gasteiger charge is 2.54. The molecule has 3 saturated heterocycles. The lowest BCUT2D eigenvalue weighted by atomic mass is 9.96. The van der Waals surface area contributed by atoms with Gasteiger partial charge in [-0.1, -0.05) is 93.6 Å². The average molecular weight is 994 g/mol. The summed E-state index contributed by atoms with van der Waals surface area (Å²) in [5.41, 5.74) is 1.16. The van der Waals surface area contributed by atoms with Crippen LogP contribution in [0.15, 0.2) is 116 Å². The number of nitrogens with zero attached hydrogens (tertiary/aromatic N) is 5. The highest BCUT2D eigenvalue weighted by Crippen LogP contribution is 2.40. The fourth-order valence-corrected chi connectivity index (χ4v) is 16.3. The number of aromatic amines is 1. The smallest absolute Gasteiger partial charge is 0.317 e. The van der Waals surface area contributed by atoms with Crippen LogP contribution in [0.5, 0.6) is 0 Å². The number of halogens is 3. The molecule has 0 saturated carbocycles. The molecule has 3 aliphatic rings. The number of ketones is 1. The number of likely N-dealkylation sites (tertiary alicyclic amines) is 1. The molecule has 3 fully saturated rings. The third kappa shape index (κ3) is 10.0. The molecule has 13 nitrogen and oxygen atoms in total. The molecule has 2 atom stereocenters. The summed E-state index contributed by atoms with van der Waals surface area (Å²) in [4.78, 5) is 39.4. The van der Waals surface area contributed by atoms with E-state index in [1.807, 2.05) is 111 Å². The van der Waals surface area contributed by atoms with Crippen LogP contribution >= 0.6 is 0 Å². The summed E-state index contributed by atoms with van der Waals surface area (Å²) in [5, 5.41) is 10.7. The zero-order valence-electron chi connectivity index (χ0n) is 39.5. The SMILES string of the molecule is CC(C)(C)[Si](O[C@H]1CN(S(=O)(=O)Nc2ccc(F)c(C(=O)c3c[nH]c4ncc(-c5ccc(N6CCN(CC7CCN(CC(=O)O)CC7)CC6)cc5)cc34)c2F)C[C@@H]1F)(c1ccccc1)c1ccccc1. The van der Waals surface area contributed by atoms with Crippen LogP contribution in [0.4, 0.5) is 24.5 Å². The van der Waals surface area contributed by atoms with Crippen molar-refractivity contribution >= 4 is 63.1 Å². The second-order valence-electron chi connectivity index (χ2n) is 19.6. The molecule has 0 amide bonds. The van der Waals surface area contributed by atoms with Crippen LogP contribution in [0.1, 0.15) is 49.5 Å². The molecule has 70 heavy (non-hydrogen) atoms. The predicted octanol–water partition coefficient (Wildman–Crippen LogP) is 6.91. The molecular weight excluding hydrogens is 936 g/mol. The van der Waals surface area contributed by atoms with Gasteiger partial charge in [-0.05, 0) is 83.2 Å². The molecular formula is C52H58F3N7O6SSi. The van der Waals surface area contributed by atoms with E-state index in [9.17, 15) is 18.0 Å². The standard InChI is InChI=1S/C52H58F3N7O6SSi/c1-52(2,3)70(39-10-6-4-7-11-39,40-12-8-5-9-13-40)68-46-33-62(32-44(46)54)69(66,67)58-45-19-18-43(53)48(49(45)55)50(65)42-30-57-51-41(42)28-37(29-56-51)36-14-16-38(17-15-36)61-26-24-60(25-27-61)31-35-20-22-59(23-21-35)34-47(63)64/h4-19,28-30,35,44,46,58H,20-27,31-34H2,1-3H3,(H,56,57)(H,63,64)/t44-,46-/m0/s1. The number of nitrogens with one attached hydrogen (secondary N) is 2. The monoisotopic (exact) mass is 993 g/mol. The van der Waals surface area contributed by atoms with Crippen molar-refractivity contribution in [2.24, 2.45) is 5.92 Å². The molecule has 18 heteroatoms. The molecule has 0 bridgehead atoms. The summed E-state index contributed by atoms with van der Waals surface area (Å²) in [5.74, 6) is -3.85. The number of piperazine rings is 1. The van der Waals surface area contributed by atoms with Crippen molar-refractivity contribution < 1.29 is 40.7 Å². The van der Waals surface area contributed by atoms with Gasteiger partial charge in [-0.3, -0.25) is 24.1 Å². The number of hydrogen-bond acceptors (Lipinski definition) is 9.